The van der Waals surface area contributed by atoms with Gasteiger partial charge in [0.2, 0.25) is 0 Å². The Kier molecular flexibility index (Phi) is 6.98. The maximum absolute atomic E-state index is 13.4. The standard InChI is InChI=1S/C22H23ClFN5O2S/c23-17-10-15(3-4-18(17)24)21(31)27-22-29(19(13-32-22)20(25)30)16-5-8-28(9-6-16)12-14-2-1-7-26-11-14/h1-4,7,10-11,13,16,22H,5-6,8-9,12H2,(H2,25,30)(H,27,31). The zero-order chi connectivity index (χ0) is 22.7. The highest BCUT2D eigenvalue weighted by atomic mass is 35.5. The van der Waals surface area contributed by atoms with Crippen LogP contribution in [0.2, 0.25) is 5.02 Å². The molecule has 168 valence electrons. The van der Waals surface area contributed by atoms with Crippen molar-refractivity contribution in [3.8, 4) is 0 Å². The molecule has 1 fully saturated rings. The second-order valence-electron chi connectivity index (χ2n) is 7.73. The van der Waals surface area contributed by atoms with Crippen LogP contribution < -0.4 is 11.1 Å². The Bertz CT molecular complexity index is 1030. The zero-order valence-corrected chi connectivity index (χ0v) is 18.8. The molecule has 4 rings (SSSR count). The van der Waals surface area contributed by atoms with Crippen LogP contribution in [0.3, 0.4) is 0 Å². The number of aromatic nitrogens is 1. The molecule has 0 radical (unpaired) electrons. The summed E-state index contributed by atoms with van der Waals surface area (Å²) in [6.45, 7) is 2.52. The molecule has 1 aromatic carbocycles. The number of pyridine rings is 1. The van der Waals surface area contributed by atoms with Crippen LogP contribution in [-0.2, 0) is 11.3 Å². The number of primary amides is 1. The maximum Gasteiger partial charge on any atom is 0.265 e. The molecule has 1 saturated heterocycles. The monoisotopic (exact) mass is 475 g/mol. The van der Waals surface area contributed by atoms with Gasteiger partial charge in [0, 0.05) is 49.0 Å². The van der Waals surface area contributed by atoms with E-state index in [0.717, 1.165) is 44.1 Å². The van der Waals surface area contributed by atoms with Gasteiger partial charge in [-0.1, -0.05) is 29.4 Å². The number of benzene rings is 1. The van der Waals surface area contributed by atoms with E-state index in [1.807, 2.05) is 17.2 Å². The van der Waals surface area contributed by atoms with Gasteiger partial charge in [0.15, 0.2) is 5.50 Å². The number of likely N-dealkylation sites (tertiary alicyclic amines) is 1. The van der Waals surface area contributed by atoms with E-state index in [1.54, 1.807) is 11.6 Å². The number of piperidine rings is 1. The van der Waals surface area contributed by atoms with Crippen molar-refractivity contribution >= 4 is 35.2 Å². The summed E-state index contributed by atoms with van der Waals surface area (Å²) in [6, 6.07) is 7.85. The van der Waals surface area contributed by atoms with Gasteiger partial charge in [-0.05, 0) is 42.7 Å². The average Bonchev–Trinajstić information content (AvgIpc) is 3.20. The van der Waals surface area contributed by atoms with Crippen molar-refractivity contribution in [2.75, 3.05) is 13.1 Å². The van der Waals surface area contributed by atoms with Crippen LogP contribution in [0.5, 0.6) is 0 Å². The van der Waals surface area contributed by atoms with Crippen LogP contribution in [0.4, 0.5) is 4.39 Å². The number of hydrogen-bond acceptors (Lipinski definition) is 6. The van der Waals surface area contributed by atoms with Gasteiger partial charge in [0.1, 0.15) is 11.5 Å². The van der Waals surface area contributed by atoms with E-state index in [9.17, 15) is 14.0 Å². The van der Waals surface area contributed by atoms with E-state index in [4.69, 9.17) is 17.3 Å². The predicted octanol–water partition coefficient (Wildman–Crippen LogP) is 2.93. The van der Waals surface area contributed by atoms with Crippen molar-refractivity contribution in [2.45, 2.75) is 30.9 Å². The number of nitrogens with zero attached hydrogens (tertiary/aromatic N) is 3. The van der Waals surface area contributed by atoms with Crippen LogP contribution in [0.25, 0.3) is 0 Å². The summed E-state index contributed by atoms with van der Waals surface area (Å²) in [5, 5.41) is 4.48. The first-order valence-electron chi connectivity index (χ1n) is 10.2. The fourth-order valence-corrected chi connectivity index (χ4v) is 5.27. The first-order valence-corrected chi connectivity index (χ1v) is 11.6. The topological polar surface area (TPSA) is 91.6 Å². The molecule has 0 aliphatic carbocycles. The number of nitrogens with one attached hydrogen (secondary N) is 1. The number of nitrogens with two attached hydrogens (primary N) is 1. The third-order valence-electron chi connectivity index (χ3n) is 5.61. The van der Waals surface area contributed by atoms with Crippen molar-refractivity contribution in [1.82, 2.24) is 20.1 Å². The summed E-state index contributed by atoms with van der Waals surface area (Å²) in [5.74, 6) is -1.52. The van der Waals surface area contributed by atoms with Gasteiger partial charge in [-0.2, -0.15) is 0 Å². The first-order chi connectivity index (χ1) is 15.4. The molecule has 0 saturated carbocycles. The van der Waals surface area contributed by atoms with Gasteiger partial charge < -0.3 is 16.0 Å². The minimum Gasteiger partial charge on any atom is -0.364 e. The summed E-state index contributed by atoms with van der Waals surface area (Å²) in [5.41, 5.74) is 6.92. The normalized spacial score (nSPS) is 19.6. The van der Waals surface area contributed by atoms with Gasteiger partial charge >= 0.3 is 0 Å². The quantitative estimate of drug-likeness (QED) is 0.667. The van der Waals surface area contributed by atoms with E-state index in [-0.39, 0.29) is 16.6 Å². The average molecular weight is 476 g/mol. The second kappa shape index (κ2) is 9.89. The number of halogens is 2. The Morgan fingerprint density at radius 2 is 2.06 bits per heavy atom. The number of carbonyl (C=O) groups is 2. The zero-order valence-electron chi connectivity index (χ0n) is 17.2. The van der Waals surface area contributed by atoms with Crippen LogP contribution in [0, 0.1) is 5.82 Å². The van der Waals surface area contributed by atoms with Gasteiger partial charge in [-0.25, -0.2) is 4.39 Å². The molecule has 32 heavy (non-hydrogen) atoms. The summed E-state index contributed by atoms with van der Waals surface area (Å²) in [7, 11) is 0. The summed E-state index contributed by atoms with van der Waals surface area (Å²) in [4.78, 5) is 33.2. The Labute approximate surface area is 194 Å². The lowest BCUT2D eigenvalue weighted by Crippen LogP contribution is -2.52. The smallest absolute Gasteiger partial charge is 0.265 e. The molecule has 0 bridgehead atoms. The fourth-order valence-electron chi connectivity index (χ4n) is 4.00. The Balaban J connectivity index is 1.42. The lowest BCUT2D eigenvalue weighted by Gasteiger charge is -2.41. The molecule has 1 atom stereocenters. The molecule has 10 heteroatoms. The Morgan fingerprint density at radius 1 is 1.28 bits per heavy atom. The van der Waals surface area contributed by atoms with E-state index in [0.29, 0.717) is 5.70 Å². The predicted molar refractivity (Wildman–Crippen MR) is 122 cm³/mol. The molecule has 0 spiro atoms. The minimum atomic E-state index is -0.587. The number of carbonyl (C=O) groups excluding carboxylic acids is 2. The fraction of sp³-hybridized carbons (Fsp3) is 0.318. The van der Waals surface area contributed by atoms with E-state index in [1.165, 1.54) is 23.9 Å². The molecule has 2 amide bonds. The van der Waals surface area contributed by atoms with Crippen molar-refractivity contribution in [3.05, 3.63) is 75.8 Å². The highest BCUT2D eigenvalue weighted by Crippen LogP contribution is 2.35. The van der Waals surface area contributed by atoms with Crippen LogP contribution >= 0.6 is 23.4 Å². The highest BCUT2D eigenvalue weighted by molar-refractivity contribution is 8.02. The molecule has 7 nitrogen and oxygen atoms in total. The number of amides is 2. The lowest BCUT2D eigenvalue weighted by atomic mass is 10.0. The largest absolute Gasteiger partial charge is 0.364 e. The summed E-state index contributed by atoms with van der Waals surface area (Å²) in [6.07, 6.45) is 5.26. The molecular weight excluding hydrogens is 453 g/mol. The van der Waals surface area contributed by atoms with Crippen LogP contribution in [0.1, 0.15) is 28.8 Å². The highest BCUT2D eigenvalue weighted by Gasteiger charge is 2.37. The lowest BCUT2D eigenvalue weighted by molar-refractivity contribution is -0.116. The molecule has 3 N–H and O–H groups in total. The molecule has 2 aromatic rings. The van der Waals surface area contributed by atoms with Gasteiger partial charge in [-0.3, -0.25) is 19.5 Å². The summed E-state index contributed by atoms with van der Waals surface area (Å²) >= 11 is 7.13. The molecular formula is C22H23ClFN5O2S. The van der Waals surface area contributed by atoms with Crippen LogP contribution in [-0.4, -0.2) is 51.2 Å². The molecule has 2 aliphatic heterocycles. The van der Waals surface area contributed by atoms with Gasteiger partial charge in [0.25, 0.3) is 11.8 Å². The van der Waals surface area contributed by atoms with Crippen LogP contribution in [0.15, 0.2) is 53.8 Å². The van der Waals surface area contributed by atoms with Crippen molar-refractivity contribution in [3.63, 3.8) is 0 Å². The number of thioether (sulfide) groups is 1. The molecule has 1 aromatic heterocycles. The van der Waals surface area contributed by atoms with Gasteiger partial charge in [0.05, 0.1) is 5.02 Å². The molecule has 1 unspecified atom stereocenters. The van der Waals surface area contributed by atoms with E-state index >= 15 is 0 Å². The maximum atomic E-state index is 13.4. The Hall–Kier alpha value is -2.62. The minimum absolute atomic E-state index is 0.0519. The van der Waals surface area contributed by atoms with Crippen molar-refractivity contribution < 1.29 is 14.0 Å². The number of hydrogen-bond donors (Lipinski definition) is 2. The van der Waals surface area contributed by atoms with Gasteiger partial charge in [-0.15, -0.1) is 0 Å². The van der Waals surface area contributed by atoms with E-state index < -0.39 is 23.1 Å². The van der Waals surface area contributed by atoms with Crippen molar-refractivity contribution in [2.24, 2.45) is 5.73 Å². The SMILES string of the molecule is NC(=O)C1=CSC(NC(=O)c2ccc(F)c(Cl)c2)N1C1CCN(Cc2cccnc2)CC1. The second-order valence-corrected chi connectivity index (χ2v) is 9.10. The third-order valence-corrected chi connectivity index (χ3v) is 6.86. The summed E-state index contributed by atoms with van der Waals surface area (Å²) < 4.78 is 13.4. The molecule has 3 heterocycles. The first kappa shape index (κ1) is 22.6. The van der Waals surface area contributed by atoms with Crippen molar-refractivity contribution in [1.29, 1.82) is 0 Å². The van der Waals surface area contributed by atoms with E-state index in [2.05, 4.69) is 21.3 Å². The Morgan fingerprint density at radius 3 is 2.72 bits per heavy atom. The third kappa shape index (κ3) is 5.06. The molecule has 2 aliphatic rings. The number of rotatable bonds is 6.